The first-order valence-corrected chi connectivity index (χ1v) is 9.71. The van der Waals surface area contributed by atoms with Crippen molar-refractivity contribution in [3.05, 3.63) is 24.3 Å². The maximum Gasteiger partial charge on any atom is 0.306 e. The third-order valence-corrected chi connectivity index (χ3v) is 3.49. The zero-order chi connectivity index (χ0) is 20.3. The molecule has 6 nitrogen and oxygen atoms in total. The molecule has 3 N–H and O–H groups in total. The van der Waals surface area contributed by atoms with Crippen LogP contribution in [0.2, 0.25) is 0 Å². The number of carbonyl (C=O) groups excluding carboxylic acids is 1. The number of nitrogens with one attached hydrogen (secondary N) is 1. The number of carbonyl (C=O) groups is 1. The molecule has 0 aliphatic carbocycles. The number of anilines is 1. The lowest BCUT2D eigenvalue weighted by Gasteiger charge is -2.19. The standard InChI is InChI=1S/C21H35N3O3/c1-16(2)26-18-13-11-17(12-14-18)24-20(22)23-15-9-7-6-8-10-19(25)27-21(3,4)5/h11-14,16H,6-10,15H2,1-5H3,(H3,22,23,24). The highest BCUT2D eigenvalue weighted by atomic mass is 16.6. The van der Waals surface area contributed by atoms with Crippen LogP contribution in [-0.4, -0.2) is 30.2 Å². The van der Waals surface area contributed by atoms with Crippen molar-refractivity contribution in [1.82, 2.24) is 0 Å². The van der Waals surface area contributed by atoms with E-state index in [1.165, 1.54) is 0 Å². The highest BCUT2D eigenvalue weighted by molar-refractivity contribution is 5.92. The Bertz CT molecular complexity index is 590. The zero-order valence-corrected chi connectivity index (χ0v) is 17.4. The molecule has 0 amide bonds. The van der Waals surface area contributed by atoms with E-state index in [1.807, 2.05) is 58.9 Å². The largest absolute Gasteiger partial charge is 0.491 e. The Morgan fingerprint density at radius 1 is 1.11 bits per heavy atom. The monoisotopic (exact) mass is 377 g/mol. The Labute approximate surface area is 163 Å². The number of nitrogens with zero attached hydrogens (tertiary/aromatic N) is 1. The zero-order valence-electron chi connectivity index (χ0n) is 17.4. The molecule has 1 rings (SSSR count). The van der Waals surface area contributed by atoms with Crippen LogP contribution in [0.15, 0.2) is 29.3 Å². The number of ether oxygens (including phenoxy) is 2. The number of aliphatic imine (C=N–C) groups is 1. The lowest BCUT2D eigenvalue weighted by molar-refractivity contribution is -0.154. The summed E-state index contributed by atoms with van der Waals surface area (Å²) in [5, 5.41) is 3.07. The van der Waals surface area contributed by atoms with Gasteiger partial charge in [0.05, 0.1) is 6.10 Å². The Hall–Kier alpha value is -2.24. The highest BCUT2D eigenvalue weighted by Gasteiger charge is 2.15. The molecule has 1 aromatic rings. The second kappa shape index (κ2) is 11.5. The van der Waals surface area contributed by atoms with Crippen LogP contribution in [0.5, 0.6) is 5.75 Å². The fraction of sp³-hybridized carbons (Fsp3) is 0.619. The van der Waals surface area contributed by atoms with Crippen LogP contribution in [0.1, 0.15) is 66.7 Å². The third-order valence-electron chi connectivity index (χ3n) is 3.49. The molecular weight excluding hydrogens is 342 g/mol. The number of esters is 1. The number of nitrogens with two attached hydrogens (primary N) is 1. The van der Waals surface area contributed by atoms with Gasteiger partial charge in [0.25, 0.3) is 0 Å². The molecule has 1 aromatic carbocycles. The summed E-state index contributed by atoms with van der Waals surface area (Å²) in [5.41, 5.74) is 6.39. The molecule has 152 valence electrons. The van der Waals surface area contributed by atoms with Crippen molar-refractivity contribution in [3.63, 3.8) is 0 Å². The molecule has 0 spiro atoms. The van der Waals surface area contributed by atoms with Crippen LogP contribution in [0.4, 0.5) is 5.69 Å². The second-order valence-electron chi connectivity index (χ2n) is 7.83. The van der Waals surface area contributed by atoms with E-state index in [-0.39, 0.29) is 12.1 Å². The van der Waals surface area contributed by atoms with Gasteiger partial charge in [0.2, 0.25) is 0 Å². The quantitative estimate of drug-likeness (QED) is 0.271. The number of hydrogen-bond acceptors (Lipinski definition) is 4. The Morgan fingerprint density at radius 3 is 2.33 bits per heavy atom. The van der Waals surface area contributed by atoms with Crippen molar-refractivity contribution >= 4 is 17.6 Å². The summed E-state index contributed by atoms with van der Waals surface area (Å²) in [7, 11) is 0. The molecule has 0 atom stereocenters. The Kier molecular flexibility index (Phi) is 9.68. The van der Waals surface area contributed by atoms with E-state index in [0.29, 0.717) is 18.9 Å². The van der Waals surface area contributed by atoms with E-state index >= 15 is 0 Å². The van der Waals surface area contributed by atoms with Gasteiger partial charge in [-0.25, -0.2) is 0 Å². The van der Waals surface area contributed by atoms with Crippen molar-refractivity contribution in [3.8, 4) is 5.75 Å². The van der Waals surface area contributed by atoms with E-state index in [4.69, 9.17) is 15.2 Å². The van der Waals surface area contributed by atoms with E-state index in [2.05, 4.69) is 10.3 Å². The third kappa shape index (κ3) is 11.9. The smallest absolute Gasteiger partial charge is 0.306 e. The number of guanidine groups is 1. The lowest BCUT2D eigenvalue weighted by atomic mass is 10.1. The van der Waals surface area contributed by atoms with Gasteiger partial charge in [0, 0.05) is 18.7 Å². The van der Waals surface area contributed by atoms with Gasteiger partial charge in [-0.15, -0.1) is 0 Å². The number of hydrogen-bond donors (Lipinski definition) is 2. The molecule has 0 aliphatic rings. The van der Waals surface area contributed by atoms with E-state index < -0.39 is 5.60 Å². The molecule has 0 radical (unpaired) electrons. The minimum absolute atomic E-state index is 0.126. The van der Waals surface area contributed by atoms with E-state index in [9.17, 15) is 4.79 Å². The summed E-state index contributed by atoms with van der Waals surface area (Å²) in [6.07, 6.45) is 4.41. The lowest BCUT2D eigenvalue weighted by Crippen LogP contribution is -2.23. The molecule has 0 bridgehead atoms. The van der Waals surface area contributed by atoms with Crippen LogP contribution in [0.3, 0.4) is 0 Å². The van der Waals surface area contributed by atoms with Gasteiger partial charge < -0.3 is 20.5 Å². The molecule has 6 heteroatoms. The Morgan fingerprint density at radius 2 is 1.74 bits per heavy atom. The van der Waals surface area contributed by atoms with Gasteiger partial charge in [0.15, 0.2) is 5.96 Å². The summed E-state index contributed by atoms with van der Waals surface area (Å²) in [5.74, 6) is 1.11. The van der Waals surface area contributed by atoms with Crippen molar-refractivity contribution < 1.29 is 14.3 Å². The average molecular weight is 378 g/mol. The fourth-order valence-corrected chi connectivity index (χ4v) is 2.40. The van der Waals surface area contributed by atoms with Crippen molar-refractivity contribution in [2.75, 3.05) is 11.9 Å². The molecule has 0 fully saturated rings. The molecule has 0 saturated carbocycles. The molecular formula is C21H35N3O3. The molecule has 0 aliphatic heterocycles. The van der Waals surface area contributed by atoms with Crippen molar-refractivity contribution in [2.24, 2.45) is 10.7 Å². The van der Waals surface area contributed by atoms with Crippen molar-refractivity contribution in [1.29, 1.82) is 0 Å². The van der Waals surface area contributed by atoms with Crippen LogP contribution in [-0.2, 0) is 9.53 Å². The molecule has 0 saturated heterocycles. The van der Waals surface area contributed by atoms with Crippen LogP contribution < -0.4 is 15.8 Å². The predicted molar refractivity (Wildman–Crippen MR) is 111 cm³/mol. The first-order valence-electron chi connectivity index (χ1n) is 9.71. The van der Waals surface area contributed by atoms with Gasteiger partial charge >= 0.3 is 5.97 Å². The molecule has 27 heavy (non-hydrogen) atoms. The summed E-state index contributed by atoms with van der Waals surface area (Å²) in [6, 6.07) is 7.63. The molecule has 0 aromatic heterocycles. The normalized spacial score (nSPS) is 12.1. The highest BCUT2D eigenvalue weighted by Crippen LogP contribution is 2.16. The second-order valence-corrected chi connectivity index (χ2v) is 7.83. The van der Waals surface area contributed by atoms with Gasteiger partial charge in [-0.2, -0.15) is 0 Å². The summed E-state index contributed by atoms with van der Waals surface area (Å²) in [6.45, 7) is 10.3. The van der Waals surface area contributed by atoms with Crippen LogP contribution in [0.25, 0.3) is 0 Å². The molecule has 0 unspecified atom stereocenters. The van der Waals surface area contributed by atoms with Gasteiger partial charge in [-0.3, -0.25) is 9.79 Å². The van der Waals surface area contributed by atoms with Crippen molar-refractivity contribution in [2.45, 2.75) is 78.4 Å². The summed E-state index contributed by atoms with van der Waals surface area (Å²) >= 11 is 0. The van der Waals surface area contributed by atoms with Gasteiger partial charge in [0.1, 0.15) is 11.4 Å². The first-order chi connectivity index (χ1) is 12.7. The predicted octanol–water partition coefficient (Wildman–Crippen LogP) is 4.49. The topological polar surface area (TPSA) is 85.9 Å². The minimum Gasteiger partial charge on any atom is -0.491 e. The summed E-state index contributed by atoms with van der Waals surface area (Å²) < 4.78 is 10.9. The van der Waals surface area contributed by atoms with Gasteiger partial charge in [-0.05, 0) is 71.7 Å². The van der Waals surface area contributed by atoms with E-state index in [1.54, 1.807) is 0 Å². The maximum atomic E-state index is 11.6. The molecule has 0 heterocycles. The minimum atomic E-state index is -0.405. The summed E-state index contributed by atoms with van der Waals surface area (Å²) in [4.78, 5) is 15.9. The van der Waals surface area contributed by atoms with Crippen LogP contribution >= 0.6 is 0 Å². The van der Waals surface area contributed by atoms with E-state index in [0.717, 1.165) is 37.1 Å². The van der Waals surface area contributed by atoms with Gasteiger partial charge in [-0.1, -0.05) is 12.8 Å². The number of unbranched alkanes of at least 4 members (excludes halogenated alkanes) is 3. The Balaban J connectivity index is 2.17. The number of benzene rings is 1. The SMILES string of the molecule is CC(C)Oc1ccc(NC(N)=NCCCCCCC(=O)OC(C)(C)C)cc1. The number of rotatable bonds is 10. The van der Waals surface area contributed by atoms with Crippen LogP contribution in [0, 0.1) is 0 Å². The maximum absolute atomic E-state index is 11.6. The fourth-order valence-electron chi connectivity index (χ4n) is 2.40. The first kappa shape index (κ1) is 22.8. The average Bonchev–Trinajstić information content (AvgIpc) is 2.53.